The van der Waals surface area contributed by atoms with E-state index in [1.54, 1.807) is 12.1 Å². The molecule has 0 amide bonds. The summed E-state index contributed by atoms with van der Waals surface area (Å²) in [6.45, 7) is 4.10. The molecular weight excluding hydrogens is 188 g/mol. The molecule has 1 rings (SSSR count). The van der Waals surface area contributed by atoms with E-state index < -0.39 is 0 Å². The maximum atomic E-state index is 8.81. The Morgan fingerprint density at radius 2 is 2.20 bits per heavy atom. The van der Waals surface area contributed by atoms with Gasteiger partial charge in [0.1, 0.15) is 11.6 Å². The van der Waals surface area contributed by atoms with Gasteiger partial charge in [-0.3, -0.25) is 0 Å². The van der Waals surface area contributed by atoms with Crippen LogP contribution in [0.5, 0.6) is 5.88 Å². The standard InChI is InChI=1S/C12H12N2O/c1-3-4-5-8-15-12-11(9-13)7-6-10(2)14-12/h6-7H,3,8H2,1-2H3. The second kappa shape index (κ2) is 5.67. The van der Waals surface area contributed by atoms with Crippen LogP contribution in [0.4, 0.5) is 0 Å². The first kappa shape index (κ1) is 11.1. The highest BCUT2D eigenvalue weighted by Gasteiger charge is 2.03. The number of nitrogens with zero attached hydrogens (tertiary/aromatic N) is 2. The fourth-order valence-corrected chi connectivity index (χ4v) is 1.01. The van der Waals surface area contributed by atoms with Crippen molar-refractivity contribution in [2.45, 2.75) is 20.3 Å². The third-order valence-electron chi connectivity index (χ3n) is 1.70. The molecule has 1 heterocycles. The molecule has 0 aliphatic carbocycles. The van der Waals surface area contributed by atoms with Gasteiger partial charge in [0.05, 0.1) is 0 Å². The predicted molar refractivity (Wildman–Crippen MR) is 57.3 cm³/mol. The molecule has 0 saturated heterocycles. The van der Waals surface area contributed by atoms with Crippen molar-refractivity contribution in [2.24, 2.45) is 0 Å². The van der Waals surface area contributed by atoms with Crippen molar-refractivity contribution >= 4 is 0 Å². The Kier molecular flexibility index (Phi) is 4.19. The lowest BCUT2D eigenvalue weighted by Crippen LogP contribution is -1.99. The van der Waals surface area contributed by atoms with Crippen molar-refractivity contribution in [2.75, 3.05) is 6.61 Å². The quantitative estimate of drug-likeness (QED) is 0.686. The number of hydrogen-bond donors (Lipinski definition) is 0. The Hall–Kier alpha value is -2.00. The monoisotopic (exact) mass is 200 g/mol. The maximum Gasteiger partial charge on any atom is 0.232 e. The minimum Gasteiger partial charge on any atom is -0.464 e. The van der Waals surface area contributed by atoms with Crippen molar-refractivity contribution in [3.8, 4) is 23.8 Å². The summed E-state index contributed by atoms with van der Waals surface area (Å²) in [5.41, 5.74) is 1.27. The third-order valence-corrected chi connectivity index (χ3v) is 1.70. The highest BCUT2D eigenvalue weighted by Crippen LogP contribution is 2.14. The van der Waals surface area contributed by atoms with Crippen LogP contribution in [0.25, 0.3) is 0 Å². The molecule has 0 unspecified atom stereocenters. The van der Waals surface area contributed by atoms with Crippen molar-refractivity contribution in [1.82, 2.24) is 4.98 Å². The van der Waals surface area contributed by atoms with Gasteiger partial charge in [0.25, 0.3) is 0 Å². The van der Waals surface area contributed by atoms with Gasteiger partial charge in [-0.15, -0.1) is 5.92 Å². The minimum absolute atomic E-state index is 0.277. The number of pyridine rings is 1. The van der Waals surface area contributed by atoms with Crippen LogP contribution < -0.4 is 4.74 Å². The van der Waals surface area contributed by atoms with Crippen molar-refractivity contribution in [1.29, 1.82) is 5.26 Å². The number of aromatic nitrogens is 1. The molecule has 0 aromatic carbocycles. The number of aryl methyl sites for hydroxylation is 1. The zero-order chi connectivity index (χ0) is 11.1. The van der Waals surface area contributed by atoms with E-state index in [0.717, 1.165) is 12.1 Å². The Morgan fingerprint density at radius 3 is 2.87 bits per heavy atom. The summed E-state index contributed by atoms with van der Waals surface area (Å²) in [7, 11) is 0. The molecule has 0 spiro atoms. The van der Waals surface area contributed by atoms with Gasteiger partial charge in [0.15, 0.2) is 6.61 Å². The Bertz CT molecular complexity index is 435. The van der Waals surface area contributed by atoms with E-state index in [2.05, 4.69) is 16.8 Å². The summed E-state index contributed by atoms with van der Waals surface area (Å²) in [4.78, 5) is 4.13. The Balaban J connectivity index is 2.75. The number of hydrogen-bond acceptors (Lipinski definition) is 3. The summed E-state index contributed by atoms with van der Waals surface area (Å²) >= 11 is 0. The summed E-state index contributed by atoms with van der Waals surface area (Å²) in [5, 5.41) is 8.81. The molecule has 0 bridgehead atoms. The molecule has 1 aromatic heterocycles. The summed E-state index contributed by atoms with van der Waals surface area (Å²) in [5.74, 6) is 6.08. The largest absolute Gasteiger partial charge is 0.464 e. The first-order valence-electron chi connectivity index (χ1n) is 4.74. The minimum atomic E-state index is 0.277. The lowest BCUT2D eigenvalue weighted by molar-refractivity contribution is 0.353. The fourth-order valence-electron chi connectivity index (χ4n) is 1.01. The zero-order valence-electron chi connectivity index (χ0n) is 8.87. The van der Waals surface area contributed by atoms with Gasteiger partial charge >= 0.3 is 0 Å². The van der Waals surface area contributed by atoms with Crippen LogP contribution in [-0.4, -0.2) is 11.6 Å². The molecule has 3 heteroatoms. The van der Waals surface area contributed by atoms with E-state index in [1.165, 1.54) is 0 Å². The molecule has 0 radical (unpaired) electrons. The van der Waals surface area contributed by atoms with Gasteiger partial charge in [-0.25, -0.2) is 4.98 Å². The van der Waals surface area contributed by atoms with Crippen LogP contribution in [0.15, 0.2) is 12.1 Å². The van der Waals surface area contributed by atoms with Crippen LogP contribution in [0.1, 0.15) is 24.6 Å². The van der Waals surface area contributed by atoms with Gasteiger partial charge in [-0.05, 0) is 19.1 Å². The van der Waals surface area contributed by atoms with E-state index in [0.29, 0.717) is 11.4 Å². The number of ether oxygens (including phenoxy) is 1. The first-order valence-corrected chi connectivity index (χ1v) is 4.74. The van der Waals surface area contributed by atoms with Crippen LogP contribution in [-0.2, 0) is 0 Å². The Labute approximate surface area is 89.7 Å². The van der Waals surface area contributed by atoms with Crippen LogP contribution in [0.3, 0.4) is 0 Å². The molecule has 0 aliphatic rings. The number of rotatable bonds is 2. The summed E-state index contributed by atoms with van der Waals surface area (Å²) < 4.78 is 5.30. The molecule has 15 heavy (non-hydrogen) atoms. The molecule has 0 fully saturated rings. The smallest absolute Gasteiger partial charge is 0.232 e. The van der Waals surface area contributed by atoms with E-state index in [-0.39, 0.29) is 6.61 Å². The number of nitriles is 1. The van der Waals surface area contributed by atoms with Crippen LogP contribution in [0, 0.1) is 30.1 Å². The van der Waals surface area contributed by atoms with Gasteiger partial charge < -0.3 is 4.74 Å². The van der Waals surface area contributed by atoms with Gasteiger partial charge in [0, 0.05) is 12.1 Å². The zero-order valence-corrected chi connectivity index (χ0v) is 8.87. The fraction of sp³-hybridized carbons (Fsp3) is 0.333. The van der Waals surface area contributed by atoms with Crippen molar-refractivity contribution in [3.05, 3.63) is 23.4 Å². The lowest BCUT2D eigenvalue weighted by atomic mass is 10.2. The molecule has 3 nitrogen and oxygen atoms in total. The normalized spacial score (nSPS) is 8.60. The average Bonchev–Trinajstić information content (AvgIpc) is 2.25. The van der Waals surface area contributed by atoms with E-state index >= 15 is 0 Å². The van der Waals surface area contributed by atoms with Gasteiger partial charge in [-0.1, -0.05) is 12.8 Å². The van der Waals surface area contributed by atoms with E-state index in [4.69, 9.17) is 10.00 Å². The lowest BCUT2D eigenvalue weighted by Gasteiger charge is -2.03. The van der Waals surface area contributed by atoms with Crippen molar-refractivity contribution < 1.29 is 4.74 Å². The molecule has 0 atom stereocenters. The maximum absolute atomic E-state index is 8.81. The van der Waals surface area contributed by atoms with Gasteiger partial charge in [0.2, 0.25) is 5.88 Å². The van der Waals surface area contributed by atoms with Gasteiger partial charge in [-0.2, -0.15) is 5.26 Å². The topological polar surface area (TPSA) is 45.9 Å². The molecular formula is C12H12N2O. The summed E-state index contributed by atoms with van der Waals surface area (Å²) in [6.07, 6.45) is 0.801. The predicted octanol–water partition coefficient (Wildman–Crippen LogP) is 2.05. The van der Waals surface area contributed by atoms with Crippen LogP contribution >= 0.6 is 0 Å². The van der Waals surface area contributed by atoms with Crippen molar-refractivity contribution in [3.63, 3.8) is 0 Å². The molecule has 1 aromatic rings. The van der Waals surface area contributed by atoms with E-state index in [1.807, 2.05) is 19.9 Å². The third kappa shape index (κ3) is 3.32. The van der Waals surface area contributed by atoms with Crippen LogP contribution in [0.2, 0.25) is 0 Å². The second-order valence-electron chi connectivity index (χ2n) is 2.91. The Morgan fingerprint density at radius 1 is 1.40 bits per heavy atom. The second-order valence-corrected chi connectivity index (χ2v) is 2.91. The highest BCUT2D eigenvalue weighted by atomic mass is 16.5. The molecule has 0 aliphatic heterocycles. The molecule has 76 valence electrons. The van der Waals surface area contributed by atoms with E-state index in [9.17, 15) is 0 Å². The highest BCUT2D eigenvalue weighted by molar-refractivity contribution is 5.38. The molecule has 0 saturated carbocycles. The SMILES string of the molecule is CCC#CCOc1nc(C)ccc1C#N. The first-order chi connectivity index (χ1) is 7.27. The molecule has 0 N–H and O–H groups in total. The average molecular weight is 200 g/mol. The summed E-state index contributed by atoms with van der Waals surface area (Å²) in [6, 6.07) is 5.51.